The SMILES string of the molecule is c1ccc2c(c1)ccc1c(-c3ccc4c(ccc5cc(-c6ccc(-c7nc8ccccc8c8c7ccc7c9cccc(-c%10ccc%11ccc%12c(-c%13ccc(-c%14ccc(-c%15nc%16ccccc%16c%16c%15ccc%15c%17ccccc%17oc%15%16)cc%14)c%14ncccc%13%14)ccnc%12c%11n%10)c9oc78)cc6)ccc54)c3)ccnc12. The molecule has 8 aromatic heterocycles. The number of para-hydroxylation sites is 4. The third-order valence-corrected chi connectivity index (χ3v) is 22.2. The maximum atomic E-state index is 7.28. The van der Waals surface area contributed by atoms with Crippen molar-refractivity contribution in [1.82, 2.24) is 29.9 Å². The summed E-state index contributed by atoms with van der Waals surface area (Å²) in [5.41, 5.74) is 23.1. The number of furan rings is 2. The molecule has 0 saturated carbocycles. The number of hydrogen-bond donors (Lipinski definition) is 0. The zero-order valence-corrected chi connectivity index (χ0v) is 56.7. The smallest absolute Gasteiger partial charge is 0.144 e. The summed E-state index contributed by atoms with van der Waals surface area (Å²) in [5.74, 6) is 0. The van der Waals surface area contributed by atoms with Crippen LogP contribution in [0.2, 0.25) is 0 Å². The molecule has 0 radical (unpaired) electrons. The van der Waals surface area contributed by atoms with Crippen LogP contribution >= 0.6 is 0 Å². The Morgan fingerprint density at radius 3 is 1.45 bits per heavy atom. The summed E-state index contributed by atoms with van der Waals surface area (Å²) in [7, 11) is 0. The Morgan fingerprint density at radius 1 is 0.208 bits per heavy atom. The van der Waals surface area contributed by atoms with Gasteiger partial charge in [0.25, 0.3) is 0 Å². The zero-order valence-electron chi connectivity index (χ0n) is 56.7. The van der Waals surface area contributed by atoms with Gasteiger partial charge in [-0.1, -0.05) is 237 Å². The van der Waals surface area contributed by atoms with Gasteiger partial charge in [0.2, 0.25) is 0 Å². The molecule has 0 unspecified atom stereocenters. The Morgan fingerprint density at radius 2 is 0.698 bits per heavy atom. The van der Waals surface area contributed by atoms with Crippen LogP contribution in [0.1, 0.15) is 0 Å². The minimum absolute atomic E-state index is 0.774. The van der Waals surface area contributed by atoms with Gasteiger partial charge in [0.15, 0.2) is 0 Å². The third kappa shape index (κ3) is 8.76. The first-order valence-corrected chi connectivity index (χ1v) is 35.8. The minimum Gasteiger partial charge on any atom is -0.455 e. The quantitative estimate of drug-likeness (QED) is 0.145. The summed E-state index contributed by atoms with van der Waals surface area (Å²) in [4.78, 5) is 31.2. The first kappa shape index (κ1) is 58.3. The van der Waals surface area contributed by atoms with Crippen LogP contribution < -0.4 is 0 Å². The van der Waals surface area contributed by atoms with E-state index in [2.05, 4.69) is 285 Å². The number of benzene rings is 15. The first-order valence-electron chi connectivity index (χ1n) is 35.8. The molecular weight excluding hydrogens is 1290 g/mol. The summed E-state index contributed by atoms with van der Waals surface area (Å²) in [6.45, 7) is 0. The first-order chi connectivity index (χ1) is 52.5. The van der Waals surface area contributed by atoms with Crippen molar-refractivity contribution in [3.8, 4) is 78.3 Å². The number of rotatable bonds is 7. The monoisotopic (exact) mass is 1350 g/mol. The highest BCUT2D eigenvalue weighted by atomic mass is 16.3. The highest BCUT2D eigenvalue weighted by Gasteiger charge is 2.24. The molecule has 0 amide bonds. The average Bonchev–Trinajstić information content (AvgIpc) is 1.51. The van der Waals surface area contributed by atoms with Gasteiger partial charge in [0, 0.05) is 122 Å². The molecule has 0 spiro atoms. The topological polar surface area (TPSA) is 104 Å². The van der Waals surface area contributed by atoms with Crippen molar-refractivity contribution in [2.45, 2.75) is 0 Å². The molecule has 0 aliphatic rings. The summed E-state index contributed by atoms with van der Waals surface area (Å²) < 4.78 is 13.9. The molecule has 8 heteroatoms. The number of fused-ring (bicyclic) bond motifs is 24. The van der Waals surface area contributed by atoms with E-state index in [1.807, 2.05) is 42.9 Å². The molecule has 0 atom stereocenters. The molecule has 8 nitrogen and oxygen atoms in total. The van der Waals surface area contributed by atoms with Gasteiger partial charge < -0.3 is 8.83 Å². The van der Waals surface area contributed by atoms with Crippen LogP contribution in [0.25, 0.3) is 241 Å². The molecule has 0 aliphatic heterocycles. The van der Waals surface area contributed by atoms with Gasteiger partial charge in [0.1, 0.15) is 22.3 Å². The van der Waals surface area contributed by atoms with Gasteiger partial charge >= 0.3 is 0 Å². The van der Waals surface area contributed by atoms with Crippen molar-refractivity contribution in [2.75, 3.05) is 0 Å². The molecular formula is C98H54N6O2. The molecule has 8 heterocycles. The second-order valence-electron chi connectivity index (χ2n) is 27.8. The van der Waals surface area contributed by atoms with Gasteiger partial charge in [-0.05, 0) is 139 Å². The van der Waals surface area contributed by atoms with Crippen LogP contribution in [0.3, 0.4) is 0 Å². The lowest BCUT2D eigenvalue weighted by atomic mass is 9.92. The lowest BCUT2D eigenvalue weighted by Crippen LogP contribution is -1.93. The van der Waals surface area contributed by atoms with Crippen molar-refractivity contribution in [3.63, 3.8) is 0 Å². The lowest BCUT2D eigenvalue weighted by Gasteiger charge is -2.14. The highest BCUT2D eigenvalue weighted by Crippen LogP contribution is 2.47. The van der Waals surface area contributed by atoms with E-state index in [0.717, 1.165) is 198 Å². The maximum absolute atomic E-state index is 7.28. The Hall–Kier alpha value is -14.3. The van der Waals surface area contributed by atoms with Crippen LogP contribution in [0.15, 0.2) is 337 Å². The number of nitrogens with zero attached hydrogens (tertiary/aromatic N) is 6. The van der Waals surface area contributed by atoms with Crippen LogP contribution in [0.4, 0.5) is 0 Å². The summed E-state index contributed by atoms with van der Waals surface area (Å²) >= 11 is 0. The van der Waals surface area contributed by atoms with Crippen molar-refractivity contribution in [2.24, 2.45) is 0 Å². The molecule has 0 aliphatic carbocycles. The van der Waals surface area contributed by atoms with E-state index in [0.29, 0.717) is 0 Å². The fraction of sp³-hybridized carbons (Fsp3) is 0. The minimum atomic E-state index is 0.774. The number of pyridine rings is 6. The second kappa shape index (κ2) is 22.6. The summed E-state index contributed by atoms with van der Waals surface area (Å²) in [6.07, 6.45) is 5.73. The van der Waals surface area contributed by atoms with Gasteiger partial charge in [-0.15, -0.1) is 0 Å². The third-order valence-electron chi connectivity index (χ3n) is 22.2. The molecule has 106 heavy (non-hydrogen) atoms. The zero-order chi connectivity index (χ0) is 69.2. The van der Waals surface area contributed by atoms with E-state index in [4.69, 9.17) is 38.7 Å². The molecule has 0 bridgehead atoms. The van der Waals surface area contributed by atoms with Gasteiger partial charge in [-0.3, -0.25) is 15.0 Å². The van der Waals surface area contributed by atoms with Crippen LogP contribution in [-0.4, -0.2) is 29.9 Å². The van der Waals surface area contributed by atoms with Crippen molar-refractivity contribution < 1.29 is 8.83 Å². The van der Waals surface area contributed by atoms with Gasteiger partial charge in [0.05, 0.1) is 50.2 Å². The van der Waals surface area contributed by atoms with E-state index >= 15 is 0 Å². The molecule has 23 rings (SSSR count). The van der Waals surface area contributed by atoms with Crippen molar-refractivity contribution in [1.29, 1.82) is 0 Å². The van der Waals surface area contributed by atoms with Gasteiger partial charge in [-0.2, -0.15) is 0 Å². The molecule has 488 valence electrons. The Bertz CT molecular complexity index is 7770. The normalized spacial score (nSPS) is 12.2. The standard InChI is InChI=1S/C98H54N6O2/c1-2-12-68-56(11-1)32-39-74-67(48-51-100-93(68)74)64-35-38-66-63(54-64)31-30-62-53-61(34-37-65(62)66)55-22-26-58(27-23-55)90-83-46-44-78-76-16-9-17-81(96(76)106-98(78)89(83)80-15-4-7-20-85(80)103-90)86-47-36-60-33-40-75-71(49-52-101-95(75)92(60)104-86)70-42-41-69(94-73(70)18-10-50-99-94)57-24-28-59(29-25-57)91-82-45-43-77-72-13-5-8-21-87(72)105-97(77)88(82)79-14-3-6-19-84(79)102-91/h1-54H. The Balaban J connectivity index is 0.572. The average molecular weight is 1350 g/mol. The van der Waals surface area contributed by atoms with E-state index in [9.17, 15) is 0 Å². The van der Waals surface area contributed by atoms with Crippen LogP contribution in [-0.2, 0) is 0 Å². The predicted octanol–water partition coefficient (Wildman–Crippen LogP) is 26.2. The Labute approximate surface area is 604 Å². The molecule has 0 saturated heterocycles. The van der Waals surface area contributed by atoms with Crippen LogP contribution in [0, 0.1) is 0 Å². The fourth-order valence-corrected chi connectivity index (χ4v) is 17.2. The van der Waals surface area contributed by atoms with E-state index in [1.54, 1.807) is 0 Å². The maximum Gasteiger partial charge on any atom is 0.144 e. The predicted molar refractivity (Wildman–Crippen MR) is 438 cm³/mol. The summed E-state index contributed by atoms with van der Waals surface area (Å²) in [6, 6.07) is 110. The van der Waals surface area contributed by atoms with E-state index in [-0.39, 0.29) is 0 Å². The molecule has 0 N–H and O–H groups in total. The Kier molecular flexibility index (Phi) is 12.4. The summed E-state index contributed by atoms with van der Waals surface area (Å²) in [5, 5.41) is 21.9. The van der Waals surface area contributed by atoms with Crippen molar-refractivity contribution in [3.05, 3.63) is 328 Å². The number of aromatic nitrogens is 6. The van der Waals surface area contributed by atoms with Crippen LogP contribution in [0.5, 0.6) is 0 Å². The van der Waals surface area contributed by atoms with Gasteiger partial charge in [-0.25, -0.2) is 15.0 Å². The molecule has 0 fully saturated rings. The number of hydrogen-bond acceptors (Lipinski definition) is 8. The largest absolute Gasteiger partial charge is 0.455 e. The second-order valence-corrected chi connectivity index (χ2v) is 27.8. The molecule has 23 aromatic rings. The van der Waals surface area contributed by atoms with E-state index in [1.165, 1.54) is 43.4 Å². The van der Waals surface area contributed by atoms with E-state index < -0.39 is 0 Å². The fourth-order valence-electron chi connectivity index (χ4n) is 17.2. The highest BCUT2D eigenvalue weighted by molar-refractivity contribution is 6.27. The lowest BCUT2D eigenvalue weighted by molar-refractivity contribution is 0.673. The van der Waals surface area contributed by atoms with Crippen molar-refractivity contribution >= 4 is 163 Å². The molecule has 15 aromatic carbocycles.